The summed E-state index contributed by atoms with van der Waals surface area (Å²) in [7, 11) is 0. The third kappa shape index (κ3) is 2.77. The van der Waals surface area contributed by atoms with Crippen LogP contribution < -0.4 is 11.1 Å². The van der Waals surface area contributed by atoms with E-state index in [1.165, 1.54) is 4.90 Å². The average molecular weight is 328 g/mol. The van der Waals surface area contributed by atoms with Crippen LogP contribution in [0.15, 0.2) is 12.2 Å². The number of nitrogens with zero attached hydrogens (tertiary/aromatic N) is 1. The van der Waals surface area contributed by atoms with Crippen LogP contribution in [0.2, 0.25) is 0 Å². The van der Waals surface area contributed by atoms with Crippen LogP contribution in [-0.2, 0) is 14.4 Å². The van der Waals surface area contributed by atoms with Gasteiger partial charge in [-0.3, -0.25) is 19.3 Å². The number of hydrogen-bond acceptors (Lipinski definition) is 4. The summed E-state index contributed by atoms with van der Waals surface area (Å²) in [5, 5.41) is 2.71. The largest absolute Gasteiger partial charge is 0.354 e. The van der Waals surface area contributed by atoms with Crippen molar-refractivity contribution in [3.8, 4) is 0 Å². The molecule has 2 aliphatic carbocycles. The highest BCUT2D eigenvalue weighted by molar-refractivity contribution is 6.06. The van der Waals surface area contributed by atoms with E-state index in [0.29, 0.717) is 6.54 Å². The molecule has 0 spiro atoms. The first-order valence-corrected chi connectivity index (χ1v) is 7.55. The summed E-state index contributed by atoms with van der Waals surface area (Å²) in [4.78, 5) is 37.6. The van der Waals surface area contributed by atoms with Crippen molar-refractivity contribution in [2.75, 3.05) is 13.1 Å². The summed E-state index contributed by atoms with van der Waals surface area (Å²) in [6.07, 6.45) is 5.34. The number of carbonyl (C=O) groups is 3. The third-order valence-electron chi connectivity index (χ3n) is 4.73. The fourth-order valence-corrected chi connectivity index (χ4v) is 3.86. The summed E-state index contributed by atoms with van der Waals surface area (Å²) < 4.78 is 0. The second-order valence-electron chi connectivity index (χ2n) is 6.36. The normalized spacial score (nSPS) is 32.9. The maximum Gasteiger partial charge on any atom is 0.233 e. The van der Waals surface area contributed by atoms with Crippen LogP contribution in [0.3, 0.4) is 0 Å². The summed E-state index contributed by atoms with van der Waals surface area (Å²) in [5.74, 6) is -0.139. The van der Waals surface area contributed by atoms with Crippen LogP contribution in [0, 0.1) is 23.7 Å². The van der Waals surface area contributed by atoms with Gasteiger partial charge in [-0.1, -0.05) is 12.2 Å². The van der Waals surface area contributed by atoms with E-state index in [-0.39, 0.29) is 72.8 Å². The van der Waals surface area contributed by atoms with Gasteiger partial charge in [0.15, 0.2) is 0 Å². The van der Waals surface area contributed by atoms with E-state index in [2.05, 4.69) is 17.5 Å². The number of imide groups is 1. The third-order valence-corrected chi connectivity index (χ3v) is 4.73. The summed E-state index contributed by atoms with van der Waals surface area (Å²) in [6, 6.07) is -0.193. The van der Waals surface area contributed by atoms with Crippen LogP contribution >= 0.6 is 12.4 Å². The Bertz CT molecular complexity index is 490. The lowest BCUT2D eigenvalue weighted by molar-refractivity contribution is -0.141. The highest BCUT2D eigenvalue weighted by atomic mass is 35.5. The Hall–Kier alpha value is -1.40. The fraction of sp³-hybridized carbons (Fsp3) is 0.667. The van der Waals surface area contributed by atoms with Gasteiger partial charge in [-0.2, -0.15) is 0 Å². The zero-order valence-electron chi connectivity index (χ0n) is 12.5. The maximum atomic E-state index is 12.4. The van der Waals surface area contributed by atoms with Gasteiger partial charge in [0.2, 0.25) is 17.7 Å². The van der Waals surface area contributed by atoms with Gasteiger partial charge < -0.3 is 11.1 Å². The lowest BCUT2D eigenvalue weighted by atomic mass is 9.85. The first-order chi connectivity index (χ1) is 9.99. The molecular weight excluding hydrogens is 306 g/mol. The number of amides is 3. The number of rotatable bonds is 5. The Balaban J connectivity index is 0.00000176. The minimum absolute atomic E-state index is 0. The molecule has 7 heteroatoms. The number of nitrogens with two attached hydrogens (primary N) is 1. The van der Waals surface area contributed by atoms with Crippen LogP contribution in [0.5, 0.6) is 0 Å². The highest BCUT2D eigenvalue weighted by Crippen LogP contribution is 2.52. The zero-order valence-corrected chi connectivity index (χ0v) is 13.3. The van der Waals surface area contributed by atoms with Crippen molar-refractivity contribution in [3.63, 3.8) is 0 Å². The van der Waals surface area contributed by atoms with Gasteiger partial charge in [-0.15, -0.1) is 12.4 Å². The monoisotopic (exact) mass is 327 g/mol. The molecule has 3 aliphatic rings. The van der Waals surface area contributed by atoms with Gasteiger partial charge in [0.1, 0.15) is 0 Å². The van der Waals surface area contributed by atoms with Crippen molar-refractivity contribution in [1.82, 2.24) is 10.2 Å². The Kier molecular flexibility index (Phi) is 4.92. The summed E-state index contributed by atoms with van der Waals surface area (Å²) in [5.41, 5.74) is 5.54. The quantitative estimate of drug-likeness (QED) is 0.552. The van der Waals surface area contributed by atoms with E-state index < -0.39 is 0 Å². The molecule has 3 rings (SSSR count). The number of likely N-dealkylation sites (tertiary alicyclic amines) is 1. The predicted molar refractivity (Wildman–Crippen MR) is 83.0 cm³/mol. The van der Waals surface area contributed by atoms with Crippen molar-refractivity contribution in [1.29, 1.82) is 0 Å². The molecule has 3 N–H and O–H groups in total. The highest BCUT2D eigenvalue weighted by Gasteiger charge is 2.58. The second-order valence-corrected chi connectivity index (χ2v) is 6.36. The summed E-state index contributed by atoms with van der Waals surface area (Å²) >= 11 is 0. The molecule has 1 saturated heterocycles. The molecule has 6 nitrogen and oxygen atoms in total. The predicted octanol–water partition coefficient (Wildman–Crippen LogP) is 0.0688. The molecule has 5 unspecified atom stereocenters. The van der Waals surface area contributed by atoms with Gasteiger partial charge in [-0.05, 0) is 25.2 Å². The molecule has 0 radical (unpaired) electrons. The number of hydrogen-bond donors (Lipinski definition) is 2. The van der Waals surface area contributed by atoms with E-state index in [1.807, 2.05) is 0 Å². The van der Waals surface area contributed by atoms with Crippen molar-refractivity contribution >= 4 is 30.1 Å². The molecule has 122 valence electrons. The first kappa shape index (κ1) is 17.0. The molecule has 3 amide bonds. The van der Waals surface area contributed by atoms with Crippen molar-refractivity contribution in [3.05, 3.63) is 12.2 Å². The summed E-state index contributed by atoms with van der Waals surface area (Å²) in [6.45, 7) is 2.32. The number of fused-ring (bicyclic) bond motifs is 5. The lowest BCUT2D eigenvalue weighted by Gasteiger charge is -2.17. The lowest BCUT2D eigenvalue weighted by Crippen LogP contribution is -2.40. The molecule has 2 bridgehead atoms. The molecule has 2 fully saturated rings. The number of nitrogens with one attached hydrogen (secondary N) is 1. The molecule has 1 aliphatic heterocycles. The van der Waals surface area contributed by atoms with Crippen molar-refractivity contribution in [2.45, 2.75) is 25.8 Å². The first-order valence-electron chi connectivity index (χ1n) is 7.55. The SMILES string of the molecule is CC(N)CC(=O)NCCN1C(=O)C2C3C=CC(C3)C2C1=O.Cl. The topological polar surface area (TPSA) is 92.5 Å². The minimum atomic E-state index is -0.193. The molecular formula is C15H22ClN3O3. The molecule has 0 aromatic heterocycles. The van der Waals surface area contributed by atoms with Gasteiger partial charge in [0, 0.05) is 25.6 Å². The molecule has 1 heterocycles. The Labute approximate surface area is 135 Å². The molecule has 22 heavy (non-hydrogen) atoms. The zero-order chi connectivity index (χ0) is 15.1. The maximum absolute atomic E-state index is 12.4. The Morgan fingerprint density at radius 2 is 1.86 bits per heavy atom. The van der Waals surface area contributed by atoms with Crippen LogP contribution in [0.1, 0.15) is 19.8 Å². The number of carbonyl (C=O) groups excluding carboxylic acids is 3. The minimum Gasteiger partial charge on any atom is -0.354 e. The van der Waals surface area contributed by atoms with Crippen LogP contribution in [0.4, 0.5) is 0 Å². The van der Waals surface area contributed by atoms with Gasteiger partial charge >= 0.3 is 0 Å². The van der Waals surface area contributed by atoms with E-state index in [1.54, 1.807) is 6.92 Å². The van der Waals surface area contributed by atoms with Crippen molar-refractivity contribution < 1.29 is 14.4 Å². The van der Waals surface area contributed by atoms with E-state index in [0.717, 1.165) is 6.42 Å². The van der Waals surface area contributed by atoms with Crippen molar-refractivity contribution in [2.24, 2.45) is 29.4 Å². The number of allylic oxidation sites excluding steroid dienone is 2. The molecule has 0 aromatic carbocycles. The van der Waals surface area contributed by atoms with Crippen LogP contribution in [0.25, 0.3) is 0 Å². The smallest absolute Gasteiger partial charge is 0.233 e. The van der Waals surface area contributed by atoms with Gasteiger partial charge in [-0.25, -0.2) is 0 Å². The van der Waals surface area contributed by atoms with E-state index >= 15 is 0 Å². The number of halogens is 1. The Morgan fingerprint density at radius 1 is 1.32 bits per heavy atom. The van der Waals surface area contributed by atoms with E-state index in [9.17, 15) is 14.4 Å². The second kappa shape index (κ2) is 6.38. The molecule has 1 saturated carbocycles. The van der Waals surface area contributed by atoms with Gasteiger partial charge in [0.25, 0.3) is 0 Å². The standard InChI is InChI=1S/C15H21N3O3.ClH/c1-8(16)6-11(19)17-4-5-18-14(20)12-9-2-3-10(7-9)13(12)15(18)21;/h2-3,8-10,12-13H,4-7,16H2,1H3,(H,17,19);1H. The fourth-order valence-electron chi connectivity index (χ4n) is 3.86. The molecule has 0 aromatic rings. The average Bonchev–Trinajstić information content (AvgIpc) is 3.06. The molecule has 5 atom stereocenters. The van der Waals surface area contributed by atoms with E-state index in [4.69, 9.17) is 5.73 Å². The van der Waals surface area contributed by atoms with Crippen LogP contribution in [-0.4, -0.2) is 41.8 Å². The Morgan fingerprint density at radius 3 is 2.36 bits per heavy atom. The van der Waals surface area contributed by atoms with Gasteiger partial charge in [0.05, 0.1) is 11.8 Å².